The van der Waals surface area contributed by atoms with E-state index in [1.54, 1.807) is 0 Å². The van der Waals surface area contributed by atoms with Gasteiger partial charge in [0.2, 0.25) is 0 Å². The van der Waals surface area contributed by atoms with Crippen LogP contribution < -0.4 is 5.32 Å². The first-order valence-corrected chi connectivity index (χ1v) is 8.30. The van der Waals surface area contributed by atoms with Crippen molar-refractivity contribution in [2.75, 3.05) is 11.5 Å². The van der Waals surface area contributed by atoms with Gasteiger partial charge in [-0.2, -0.15) is 0 Å². The van der Waals surface area contributed by atoms with E-state index in [0.29, 0.717) is 12.1 Å². The van der Waals surface area contributed by atoms with Gasteiger partial charge in [-0.05, 0) is 37.5 Å². The lowest BCUT2D eigenvalue weighted by Gasteiger charge is -2.26. The van der Waals surface area contributed by atoms with E-state index in [2.05, 4.69) is 52.4 Å². The van der Waals surface area contributed by atoms with Crippen LogP contribution in [0.3, 0.4) is 0 Å². The van der Waals surface area contributed by atoms with Gasteiger partial charge >= 0.3 is 0 Å². The molecule has 0 saturated carbocycles. The second-order valence-electron chi connectivity index (χ2n) is 4.56. The van der Waals surface area contributed by atoms with Gasteiger partial charge in [0, 0.05) is 38.9 Å². The van der Waals surface area contributed by atoms with E-state index in [9.17, 15) is 4.21 Å². The highest BCUT2D eigenvalue weighted by molar-refractivity contribution is 9.10. The van der Waals surface area contributed by atoms with E-state index in [1.165, 1.54) is 5.56 Å². The lowest BCUT2D eigenvalue weighted by Crippen LogP contribution is -2.37. The molecular weight excluding hydrogens is 298 g/mol. The topological polar surface area (TPSA) is 29.1 Å². The maximum Gasteiger partial charge on any atom is 0.0294 e. The van der Waals surface area contributed by atoms with E-state index in [1.807, 2.05) is 0 Å². The highest BCUT2D eigenvalue weighted by atomic mass is 79.9. The van der Waals surface area contributed by atoms with Crippen LogP contribution in [0.5, 0.6) is 0 Å². The predicted molar refractivity (Wildman–Crippen MR) is 76.6 cm³/mol. The minimum absolute atomic E-state index is 0.361. The van der Waals surface area contributed by atoms with Crippen LogP contribution in [-0.4, -0.2) is 21.8 Å². The molecule has 2 nitrogen and oxygen atoms in total. The molecule has 0 amide bonds. The molecule has 0 bridgehead atoms. The first-order chi connectivity index (χ1) is 8.15. The van der Waals surface area contributed by atoms with Crippen molar-refractivity contribution in [3.8, 4) is 0 Å². The van der Waals surface area contributed by atoms with E-state index < -0.39 is 10.8 Å². The van der Waals surface area contributed by atoms with Crippen LogP contribution in [0.2, 0.25) is 0 Å². The lowest BCUT2D eigenvalue weighted by molar-refractivity contribution is 0.427. The van der Waals surface area contributed by atoms with Gasteiger partial charge < -0.3 is 5.32 Å². The van der Waals surface area contributed by atoms with Crippen LogP contribution in [0.15, 0.2) is 28.7 Å². The highest BCUT2D eigenvalue weighted by Gasteiger charge is 2.19. The first-order valence-electron chi connectivity index (χ1n) is 6.01. The van der Waals surface area contributed by atoms with Crippen molar-refractivity contribution in [1.29, 1.82) is 0 Å². The normalized spacial score (nSPS) is 26.7. The number of rotatable bonds is 3. The van der Waals surface area contributed by atoms with Gasteiger partial charge in [-0.25, -0.2) is 0 Å². The average Bonchev–Trinajstić information content (AvgIpc) is 2.33. The zero-order valence-corrected chi connectivity index (χ0v) is 12.4. The van der Waals surface area contributed by atoms with Gasteiger partial charge in [0.25, 0.3) is 0 Å². The second kappa shape index (κ2) is 6.12. The zero-order valence-electron chi connectivity index (χ0n) is 9.99. The summed E-state index contributed by atoms with van der Waals surface area (Å²) in [5, 5.41) is 3.63. The summed E-state index contributed by atoms with van der Waals surface area (Å²) in [5.74, 6) is 1.70. The molecule has 1 atom stereocenters. The molecule has 1 aromatic rings. The molecule has 1 fully saturated rings. The summed E-state index contributed by atoms with van der Waals surface area (Å²) in [4.78, 5) is 0. The molecule has 1 heterocycles. The zero-order chi connectivity index (χ0) is 12.3. The van der Waals surface area contributed by atoms with E-state index in [-0.39, 0.29) is 0 Å². The van der Waals surface area contributed by atoms with Gasteiger partial charge in [-0.1, -0.05) is 28.1 Å². The first kappa shape index (κ1) is 13.2. The number of hydrogen-bond donors (Lipinski definition) is 1. The molecule has 0 radical (unpaired) electrons. The summed E-state index contributed by atoms with van der Waals surface area (Å²) < 4.78 is 12.4. The monoisotopic (exact) mass is 315 g/mol. The van der Waals surface area contributed by atoms with Crippen molar-refractivity contribution in [2.45, 2.75) is 31.8 Å². The highest BCUT2D eigenvalue weighted by Crippen LogP contribution is 2.19. The molecule has 0 aliphatic carbocycles. The van der Waals surface area contributed by atoms with Crippen molar-refractivity contribution in [3.63, 3.8) is 0 Å². The summed E-state index contributed by atoms with van der Waals surface area (Å²) in [7, 11) is -0.570. The number of nitrogens with one attached hydrogen (secondary N) is 1. The summed E-state index contributed by atoms with van der Waals surface area (Å²) >= 11 is 3.45. The van der Waals surface area contributed by atoms with Crippen LogP contribution in [0.25, 0.3) is 0 Å². The Labute approximate surface area is 114 Å². The average molecular weight is 316 g/mol. The van der Waals surface area contributed by atoms with Crippen molar-refractivity contribution < 1.29 is 4.21 Å². The van der Waals surface area contributed by atoms with Crippen LogP contribution >= 0.6 is 15.9 Å². The molecule has 1 aliphatic heterocycles. The Hall–Kier alpha value is -0.190. The fraction of sp³-hybridized carbons (Fsp3) is 0.538. The van der Waals surface area contributed by atoms with Gasteiger partial charge in [-0.15, -0.1) is 0 Å². The molecule has 1 saturated heterocycles. The third-order valence-electron chi connectivity index (χ3n) is 3.24. The number of halogens is 1. The minimum atomic E-state index is -0.570. The Balaban J connectivity index is 1.90. The Bertz CT molecular complexity index is 383. The van der Waals surface area contributed by atoms with Gasteiger partial charge in [0.1, 0.15) is 0 Å². The maximum absolute atomic E-state index is 11.3. The largest absolute Gasteiger partial charge is 0.307 e. The summed E-state index contributed by atoms with van der Waals surface area (Å²) in [6, 6.07) is 9.31. The van der Waals surface area contributed by atoms with Crippen LogP contribution in [0, 0.1) is 0 Å². The van der Waals surface area contributed by atoms with E-state index in [4.69, 9.17) is 0 Å². The Morgan fingerprint density at radius 2 is 1.88 bits per heavy atom. The third-order valence-corrected chi connectivity index (χ3v) is 5.15. The Morgan fingerprint density at radius 1 is 1.29 bits per heavy atom. The fourth-order valence-corrected chi connectivity index (χ4v) is 3.72. The summed E-state index contributed by atoms with van der Waals surface area (Å²) in [5.41, 5.74) is 1.31. The molecule has 0 unspecified atom stereocenters. The maximum atomic E-state index is 11.3. The number of benzene rings is 1. The van der Waals surface area contributed by atoms with Crippen molar-refractivity contribution in [1.82, 2.24) is 5.32 Å². The summed E-state index contributed by atoms with van der Waals surface area (Å²) in [6.07, 6.45) is 2.07. The van der Waals surface area contributed by atoms with Crippen molar-refractivity contribution >= 4 is 26.7 Å². The smallest absolute Gasteiger partial charge is 0.0294 e. The molecule has 0 aromatic heterocycles. The lowest BCUT2D eigenvalue weighted by atomic mass is 10.1. The van der Waals surface area contributed by atoms with Crippen molar-refractivity contribution in [3.05, 3.63) is 34.3 Å². The predicted octanol–water partition coefficient (Wildman–Crippen LogP) is 3.01. The van der Waals surface area contributed by atoms with Crippen LogP contribution in [0.4, 0.5) is 0 Å². The molecule has 1 N–H and O–H groups in total. The number of hydrogen-bond acceptors (Lipinski definition) is 2. The van der Waals surface area contributed by atoms with Gasteiger partial charge in [-0.3, -0.25) is 4.21 Å². The molecule has 2 rings (SSSR count). The van der Waals surface area contributed by atoms with Crippen LogP contribution in [0.1, 0.15) is 31.4 Å². The van der Waals surface area contributed by atoms with Crippen molar-refractivity contribution in [2.24, 2.45) is 0 Å². The van der Waals surface area contributed by atoms with E-state index >= 15 is 0 Å². The molecule has 1 aliphatic rings. The van der Waals surface area contributed by atoms with E-state index in [0.717, 1.165) is 28.8 Å². The standard InChI is InChI=1S/C13H18BrNOS/c1-10(11-2-4-12(14)5-3-11)15-13-6-8-17(16)9-7-13/h2-5,10,13,15H,6-9H2,1H3/t10-,13?,17?/m0/s1. The third kappa shape index (κ3) is 3.90. The Morgan fingerprint density at radius 3 is 2.47 bits per heavy atom. The quantitative estimate of drug-likeness (QED) is 0.929. The van der Waals surface area contributed by atoms with Gasteiger partial charge in [0.05, 0.1) is 0 Å². The second-order valence-corrected chi connectivity index (χ2v) is 7.17. The molecule has 94 valence electrons. The van der Waals surface area contributed by atoms with Crippen LogP contribution in [-0.2, 0) is 10.8 Å². The SMILES string of the molecule is C[C@H](NC1CCS(=O)CC1)c1ccc(Br)cc1. The fourth-order valence-electron chi connectivity index (χ4n) is 2.16. The van der Waals surface area contributed by atoms with Gasteiger partial charge in [0.15, 0.2) is 0 Å². The summed E-state index contributed by atoms with van der Waals surface area (Å²) in [6.45, 7) is 2.19. The molecule has 1 aromatic carbocycles. The molecule has 4 heteroatoms. The molecular formula is C13H18BrNOS. The molecule has 0 spiro atoms. The molecule has 17 heavy (non-hydrogen) atoms. The minimum Gasteiger partial charge on any atom is -0.307 e. The Kier molecular flexibility index (Phi) is 4.77.